The van der Waals surface area contributed by atoms with Gasteiger partial charge >= 0.3 is 5.97 Å². The van der Waals surface area contributed by atoms with Gasteiger partial charge in [-0.05, 0) is 30.7 Å². The SMILES string of the molecule is CCOC(=O)c1cc2cc(F)ncc2n1Cc1cccc(F)c1. The van der Waals surface area contributed by atoms with Crippen LogP contribution in [0.4, 0.5) is 8.78 Å². The van der Waals surface area contributed by atoms with E-state index in [0.29, 0.717) is 16.5 Å². The zero-order valence-corrected chi connectivity index (χ0v) is 12.4. The number of nitrogens with zero attached hydrogens (tertiary/aromatic N) is 2. The van der Waals surface area contributed by atoms with Gasteiger partial charge in [0, 0.05) is 18.0 Å². The number of carbonyl (C=O) groups is 1. The van der Waals surface area contributed by atoms with Gasteiger partial charge in [0.15, 0.2) is 0 Å². The fourth-order valence-corrected chi connectivity index (χ4v) is 2.50. The van der Waals surface area contributed by atoms with Crippen molar-refractivity contribution in [3.8, 4) is 0 Å². The second-order valence-corrected chi connectivity index (χ2v) is 5.03. The molecule has 0 spiro atoms. The quantitative estimate of drug-likeness (QED) is 0.546. The Morgan fingerprint density at radius 3 is 2.83 bits per heavy atom. The van der Waals surface area contributed by atoms with E-state index >= 15 is 0 Å². The first kappa shape index (κ1) is 15.1. The lowest BCUT2D eigenvalue weighted by molar-refractivity contribution is 0.0515. The first-order chi connectivity index (χ1) is 11.1. The monoisotopic (exact) mass is 316 g/mol. The Labute approximate surface area is 131 Å². The van der Waals surface area contributed by atoms with Crippen LogP contribution in [-0.2, 0) is 11.3 Å². The molecule has 0 aliphatic rings. The average Bonchev–Trinajstić information content (AvgIpc) is 2.85. The van der Waals surface area contributed by atoms with Crippen molar-refractivity contribution in [2.24, 2.45) is 0 Å². The number of ether oxygens (including phenoxy) is 1. The second-order valence-electron chi connectivity index (χ2n) is 5.03. The smallest absolute Gasteiger partial charge is 0.354 e. The molecule has 2 heterocycles. The summed E-state index contributed by atoms with van der Waals surface area (Å²) in [5.41, 5.74) is 1.54. The molecule has 0 bridgehead atoms. The molecule has 0 atom stereocenters. The molecule has 0 N–H and O–H groups in total. The van der Waals surface area contributed by atoms with Gasteiger partial charge in [-0.1, -0.05) is 12.1 Å². The number of halogens is 2. The van der Waals surface area contributed by atoms with E-state index in [2.05, 4.69) is 4.98 Å². The van der Waals surface area contributed by atoms with Gasteiger partial charge in [-0.2, -0.15) is 4.39 Å². The Hall–Kier alpha value is -2.76. The summed E-state index contributed by atoms with van der Waals surface area (Å²) in [5.74, 6) is -1.50. The summed E-state index contributed by atoms with van der Waals surface area (Å²) in [6, 6.07) is 8.88. The first-order valence-corrected chi connectivity index (χ1v) is 7.15. The minimum Gasteiger partial charge on any atom is -0.461 e. The third-order valence-corrected chi connectivity index (χ3v) is 3.47. The van der Waals surface area contributed by atoms with E-state index in [-0.39, 0.29) is 24.7 Å². The summed E-state index contributed by atoms with van der Waals surface area (Å²) >= 11 is 0. The molecule has 0 fully saturated rings. The number of carbonyl (C=O) groups excluding carboxylic acids is 1. The lowest BCUT2D eigenvalue weighted by atomic mass is 10.2. The number of pyridine rings is 1. The van der Waals surface area contributed by atoms with Crippen LogP contribution in [0.25, 0.3) is 10.9 Å². The fourth-order valence-electron chi connectivity index (χ4n) is 2.50. The van der Waals surface area contributed by atoms with Gasteiger partial charge in [-0.25, -0.2) is 14.2 Å². The maximum absolute atomic E-state index is 13.4. The predicted octanol–water partition coefficient (Wildman–Crippen LogP) is 3.54. The van der Waals surface area contributed by atoms with Gasteiger partial charge < -0.3 is 9.30 Å². The third-order valence-electron chi connectivity index (χ3n) is 3.47. The Kier molecular flexibility index (Phi) is 4.06. The van der Waals surface area contributed by atoms with Gasteiger partial charge in [0.25, 0.3) is 0 Å². The van der Waals surface area contributed by atoms with Crippen molar-refractivity contribution < 1.29 is 18.3 Å². The van der Waals surface area contributed by atoms with E-state index in [1.165, 1.54) is 24.4 Å². The van der Waals surface area contributed by atoms with Crippen LogP contribution in [0, 0.1) is 11.8 Å². The van der Waals surface area contributed by atoms with E-state index in [4.69, 9.17) is 4.74 Å². The molecule has 1 aromatic carbocycles. The summed E-state index contributed by atoms with van der Waals surface area (Å²) in [7, 11) is 0. The van der Waals surface area contributed by atoms with E-state index in [9.17, 15) is 13.6 Å². The predicted molar refractivity (Wildman–Crippen MR) is 81.1 cm³/mol. The molecule has 3 rings (SSSR count). The van der Waals surface area contributed by atoms with Crippen molar-refractivity contribution in [3.63, 3.8) is 0 Å². The highest BCUT2D eigenvalue weighted by molar-refractivity contribution is 5.95. The summed E-state index contributed by atoms with van der Waals surface area (Å²) in [6.07, 6.45) is 1.35. The van der Waals surface area contributed by atoms with Crippen LogP contribution < -0.4 is 0 Å². The molecule has 23 heavy (non-hydrogen) atoms. The average molecular weight is 316 g/mol. The fraction of sp³-hybridized carbons (Fsp3) is 0.176. The Balaban J connectivity index is 2.11. The molecule has 0 radical (unpaired) electrons. The molecule has 4 nitrogen and oxygen atoms in total. The number of aromatic nitrogens is 2. The van der Waals surface area contributed by atoms with Gasteiger partial charge in [0.1, 0.15) is 11.5 Å². The van der Waals surface area contributed by atoms with Crippen molar-refractivity contribution in [2.45, 2.75) is 13.5 Å². The molecular weight excluding hydrogens is 302 g/mol. The van der Waals surface area contributed by atoms with E-state index in [0.717, 1.165) is 0 Å². The summed E-state index contributed by atoms with van der Waals surface area (Å²) in [6.45, 7) is 2.19. The molecule has 118 valence electrons. The van der Waals surface area contributed by atoms with Crippen molar-refractivity contribution in [1.82, 2.24) is 9.55 Å². The molecule has 0 saturated heterocycles. The number of hydrogen-bond donors (Lipinski definition) is 0. The van der Waals surface area contributed by atoms with Crippen LogP contribution in [-0.4, -0.2) is 22.1 Å². The minimum atomic E-state index is -0.629. The number of hydrogen-bond acceptors (Lipinski definition) is 3. The minimum absolute atomic E-state index is 0.229. The molecule has 0 unspecified atom stereocenters. The van der Waals surface area contributed by atoms with E-state index < -0.39 is 11.9 Å². The van der Waals surface area contributed by atoms with Crippen molar-refractivity contribution in [1.29, 1.82) is 0 Å². The lowest BCUT2D eigenvalue weighted by Crippen LogP contribution is -2.13. The standard InChI is InChI=1S/C17H14F2N2O2/c1-2-23-17(22)14-7-12-8-16(19)20-9-15(12)21(14)10-11-4-3-5-13(18)6-11/h3-9H,2,10H2,1H3. The number of rotatable bonds is 4. The summed E-state index contributed by atoms with van der Waals surface area (Å²) < 4.78 is 33.4. The Bertz CT molecular complexity index is 874. The zero-order chi connectivity index (χ0) is 16.4. The van der Waals surface area contributed by atoms with Gasteiger partial charge in [0.2, 0.25) is 5.95 Å². The van der Waals surface area contributed by atoms with Crippen molar-refractivity contribution in [3.05, 3.63) is 65.6 Å². The molecule has 6 heteroatoms. The first-order valence-electron chi connectivity index (χ1n) is 7.15. The normalized spacial score (nSPS) is 10.9. The molecule has 2 aromatic heterocycles. The second kappa shape index (κ2) is 6.16. The highest BCUT2D eigenvalue weighted by Crippen LogP contribution is 2.22. The third kappa shape index (κ3) is 3.06. The van der Waals surface area contributed by atoms with Crippen LogP contribution in [0.15, 0.2) is 42.6 Å². The molecule has 3 aromatic rings. The van der Waals surface area contributed by atoms with Crippen LogP contribution >= 0.6 is 0 Å². The Morgan fingerprint density at radius 2 is 2.09 bits per heavy atom. The molecule has 0 aliphatic carbocycles. The molecular formula is C17H14F2N2O2. The van der Waals surface area contributed by atoms with Crippen LogP contribution in [0.5, 0.6) is 0 Å². The number of esters is 1. The zero-order valence-electron chi connectivity index (χ0n) is 12.4. The molecule has 0 saturated carbocycles. The van der Waals surface area contributed by atoms with E-state index in [1.54, 1.807) is 29.7 Å². The van der Waals surface area contributed by atoms with Gasteiger partial charge in [-0.15, -0.1) is 0 Å². The van der Waals surface area contributed by atoms with Crippen molar-refractivity contribution >= 4 is 16.9 Å². The maximum atomic E-state index is 13.4. The Morgan fingerprint density at radius 1 is 1.26 bits per heavy atom. The van der Waals surface area contributed by atoms with Gasteiger partial charge in [0.05, 0.1) is 18.3 Å². The summed E-state index contributed by atoms with van der Waals surface area (Å²) in [5, 5.41) is 0.539. The number of benzene rings is 1. The highest BCUT2D eigenvalue weighted by Gasteiger charge is 2.17. The molecule has 0 amide bonds. The van der Waals surface area contributed by atoms with Crippen LogP contribution in [0.1, 0.15) is 23.0 Å². The van der Waals surface area contributed by atoms with Crippen LogP contribution in [0.2, 0.25) is 0 Å². The highest BCUT2D eigenvalue weighted by atomic mass is 19.1. The topological polar surface area (TPSA) is 44.1 Å². The summed E-state index contributed by atoms with van der Waals surface area (Å²) in [4.78, 5) is 15.8. The van der Waals surface area contributed by atoms with E-state index in [1.807, 2.05) is 0 Å². The largest absolute Gasteiger partial charge is 0.461 e. The number of fused-ring (bicyclic) bond motifs is 1. The lowest BCUT2D eigenvalue weighted by Gasteiger charge is -2.10. The van der Waals surface area contributed by atoms with Crippen LogP contribution in [0.3, 0.4) is 0 Å². The van der Waals surface area contributed by atoms with Crippen molar-refractivity contribution in [2.75, 3.05) is 6.61 Å². The van der Waals surface area contributed by atoms with Gasteiger partial charge in [-0.3, -0.25) is 0 Å². The molecule has 0 aliphatic heterocycles. The maximum Gasteiger partial charge on any atom is 0.354 e.